The van der Waals surface area contributed by atoms with Gasteiger partial charge in [0.25, 0.3) is 11.5 Å². The zero-order chi connectivity index (χ0) is 26.0. The lowest BCUT2D eigenvalue weighted by Gasteiger charge is -2.37. The van der Waals surface area contributed by atoms with Crippen molar-refractivity contribution >= 4 is 46.1 Å². The van der Waals surface area contributed by atoms with E-state index in [1.807, 2.05) is 50.3 Å². The third-order valence-corrected chi connectivity index (χ3v) is 8.38. The monoisotopic (exact) mass is 521 g/mol. The van der Waals surface area contributed by atoms with E-state index in [2.05, 4.69) is 22.8 Å². The quantitative estimate of drug-likeness (QED) is 0.418. The highest BCUT2D eigenvalue weighted by Crippen LogP contribution is 2.39. The molecule has 4 rings (SSSR count). The first-order valence-electron chi connectivity index (χ1n) is 12.3. The van der Waals surface area contributed by atoms with Gasteiger partial charge in [0.15, 0.2) is 0 Å². The molecule has 1 unspecified atom stereocenters. The molecule has 3 heterocycles. The summed E-state index contributed by atoms with van der Waals surface area (Å²) in [6.07, 6.45) is 1.83. The Kier molecular flexibility index (Phi) is 7.98. The topological polar surface area (TPSA) is 72.6 Å². The number of piperazine rings is 1. The Bertz CT molecular complexity index is 1300. The second kappa shape index (κ2) is 11.0. The highest BCUT2D eigenvalue weighted by molar-refractivity contribution is 8.26. The molecule has 9 heteroatoms. The van der Waals surface area contributed by atoms with Crippen molar-refractivity contribution in [3.63, 3.8) is 0 Å². The van der Waals surface area contributed by atoms with Crippen molar-refractivity contribution in [3.05, 3.63) is 67.8 Å². The Labute approximate surface area is 222 Å². The van der Waals surface area contributed by atoms with Gasteiger partial charge in [0, 0.05) is 38.3 Å². The zero-order valence-corrected chi connectivity index (χ0v) is 22.8. The lowest BCUT2D eigenvalue weighted by atomic mass is 10.0. The maximum absolute atomic E-state index is 13.6. The average molecular weight is 522 g/mol. The number of nitrogens with zero attached hydrogens (tertiary/aromatic N) is 5. The number of anilines is 1. The third-order valence-electron chi connectivity index (χ3n) is 7.05. The Hall–Kier alpha value is -2.93. The van der Waals surface area contributed by atoms with Gasteiger partial charge in [0.2, 0.25) is 0 Å². The van der Waals surface area contributed by atoms with Gasteiger partial charge in [0.05, 0.1) is 10.9 Å². The van der Waals surface area contributed by atoms with Crippen LogP contribution >= 0.6 is 24.0 Å². The molecule has 0 saturated carbocycles. The maximum atomic E-state index is 13.6. The number of thioether (sulfide) groups is 1. The minimum Gasteiger partial charge on any atom is -0.355 e. The number of hydrogen-bond donors (Lipinski definition) is 0. The summed E-state index contributed by atoms with van der Waals surface area (Å²) in [5.41, 5.74) is 2.18. The van der Waals surface area contributed by atoms with Crippen molar-refractivity contribution in [2.45, 2.75) is 40.3 Å². The van der Waals surface area contributed by atoms with Crippen molar-refractivity contribution in [2.24, 2.45) is 0 Å². The number of amides is 1. The van der Waals surface area contributed by atoms with Gasteiger partial charge in [-0.05, 0) is 44.5 Å². The molecule has 0 spiro atoms. The van der Waals surface area contributed by atoms with Crippen LogP contribution in [0.1, 0.15) is 49.1 Å². The predicted octanol–water partition coefficient (Wildman–Crippen LogP) is 4.15. The van der Waals surface area contributed by atoms with E-state index in [9.17, 15) is 14.9 Å². The summed E-state index contributed by atoms with van der Waals surface area (Å²) < 4.78 is 2.18. The smallest absolute Gasteiger partial charge is 0.270 e. The Morgan fingerprint density at radius 3 is 2.36 bits per heavy atom. The number of likely N-dealkylation sites (N-methyl/N-ethyl adjacent to an activating group) is 1. The van der Waals surface area contributed by atoms with E-state index in [0.717, 1.165) is 49.7 Å². The molecule has 2 aliphatic rings. The number of rotatable bonds is 6. The van der Waals surface area contributed by atoms with Gasteiger partial charge in [-0.2, -0.15) is 5.26 Å². The number of aromatic nitrogens is 1. The molecule has 2 aromatic rings. The van der Waals surface area contributed by atoms with Gasteiger partial charge in [-0.25, -0.2) is 0 Å². The largest absolute Gasteiger partial charge is 0.355 e. The average Bonchev–Trinajstić information content (AvgIpc) is 3.18. The van der Waals surface area contributed by atoms with Crippen molar-refractivity contribution in [1.82, 2.24) is 14.4 Å². The summed E-state index contributed by atoms with van der Waals surface area (Å²) in [4.78, 5) is 33.5. The van der Waals surface area contributed by atoms with Crippen LogP contribution in [0.15, 0.2) is 40.0 Å². The minimum atomic E-state index is -0.284. The van der Waals surface area contributed by atoms with E-state index < -0.39 is 0 Å². The highest BCUT2D eigenvalue weighted by Gasteiger charge is 2.37. The predicted molar refractivity (Wildman–Crippen MR) is 150 cm³/mol. The van der Waals surface area contributed by atoms with Crippen LogP contribution in [0.3, 0.4) is 0 Å². The summed E-state index contributed by atoms with van der Waals surface area (Å²) in [5, 5.41) is 9.80. The standard InChI is InChI=1S/C27H31N5O2S2/c1-5-29-12-14-30(15-13-29)24-21(18(3)22(17-28)25(33)31(24)6-2)16-23-26(34)32(27(35)36-23)19(4)20-10-8-7-9-11-20/h7-11,16,19H,5-6,12-15H2,1-4H3/b23-16-. The third kappa shape index (κ3) is 4.73. The molecule has 1 aromatic heterocycles. The van der Waals surface area contributed by atoms with Gasteiger partial charge >= 0.3 is 0 Å². The molecule has 2 aliphatic heterocycles. The maximum Gasteiger partial charge on any atom is 0.270 e. The fourth-order valence-corrected chi connectivity index (χ4v) is 6.28. The van der Waals surface area contributed by atoms with Crippen LogP contribution in [0.25, 0.3) is 6.08 Å². The number of carbonyl (C=O) groups excluding carboxylic acids is 1. The summed E-state index contributed by atoms with van der Waals surface area (Å²) in [6, 6.07) is 11.7. The molecular formula is C27H31N5O2S2. The van der Waals surface area contributed by atoms with Crippen molar-refractivity contribution < 1.29 is 4.79 Å². The second-order valence-corrected chi connectivity index (χ2v) is 10.6. The lowest BCUT2D eigenvalue weighted by molar-refractivity contribution is -0.123. The lowest BCUT2D eigenvalue weighted by Crippen LogP contribution is -2.48. The van der Waals surface area contributed by atoms with Crippen LogP contribution in [-0.4, -0.2) is 57.3 Å². The highest BCUT2D eigenvalue weighted by atomic mass is 32.2. The molecule has 0 radical (unpaired) electrons. The van der Waals surface area contributed by atoms with E-state index in [-0.39, 0.29) is 23.1 Å². The van der Waals surface area contributed by atoms with E-state index in [1.54, 1.807) is 16.4 Å². The molecule has 188 valence electrons. The zero-order valence-electron chi connectivity index (χ0n) is 21.2. The van der Waals surface area contributed by atoms with Crippen molar-refractivity contribution in [2.75, 3.05) is 37.6 Å². The van der Waals surface area contributed by atoms with E-state index >= 15 is 0 Å². The van der Waals surface area contributed by atoms with E-state index in [4.69, 9.17) is 12.2 Å². The molecule has 0 bridgehead atoms. The molecule has 1 aromatic carbocycles. The van der Waals surface area contributed by atoms with E-state index in [1.165, 1.54) is 11.8 Å². The second-order valence-electron chi connectivity index (χ2n) is 8.96. The molecule has 1 amide bonds. The van der Waals surface area contributed by atoms with Gasteiger partial charge in [-0.3, -0.25) is 19.1 Å². The van der Waals surface area contributed by atoms with Crippen LogP contribution in [0.2, 0.25) is 0 Å². The first kappa shape index (κ1) is 26.1. The molecular weight excluding hydrogens is 490 g/mol. The molecule has 0 aliphatic carbocycles. The molecule has 1 atom stereocenters. The van der Waals surface area contributed by atoms with Crippen LogP contribution in [-0.2, 0) is 11.3 Å². The van der Waals surface area contributed by atoms with Gasteiger partial charge in [-0.15, -0.1) is 0 Å². The molecule has 0 N–H and O–H groups in total. The van der Waals surface area contributed by atoms with Crippen LogP contribution in [0, 0.1) is 18.3 Å². The first-order valence-corrected chi connectivity index (χ1v) is 13.5. The Balaban J connectivity index is 1.81. The van der Waals surface area contributed by atoms with E-state index in [0.29, 0.717) is 21.3 Å². The van der Waals surface area contributed by atoms with Gasteiger partial charge in [-0.1, -0.05) is 61.2 Å². The molecule has 36 heavy (non-hydrogen) atoms. The normalized spacial score (nSPS) is 18.7. The fourth-order valence-electron chi connectivity index (χ4n) is 4.88. The Morgan fingerprint density at radius 1 is 1.11 bits per heavy atom. The van der Waals surface area contributed by atoms with Crippen LogP contribution in [0.4, 0.5) is 5.82 Å². The fraction of sp³-hybridized carbons (Fsp3) is 0.407. The molecule has 7 nitrogen and oxygen atoms in total. The SMILES string of the molecule is CCN1CCN(c2c(/C=C3\SC(=S)N(C(C)c4ccccc4)C3=O)c(C)c(C#N)c(=O)n2CC)CC1. The minimum absolute atomic E-state index is 0.118. The summed E-state index contributed by atoms with van der Waals surface area (Å²) in [5.74, 6) is 0.617. The number of carbonyl (C=O) groups is 1. The number of benzene rings is 1. The first-order chi connectivity index (χ1) is 17.3. The van der Waals surface area contributed by atoms with Crippen LogP contribution in [0.5, 0.6) is 0 Å². The summed E-state index contributed by atoms with van der Waals surface area (Å²) >= 11 is 6.90. The number of thiocarbonyl (C=S) groups is 1. The molecule has 2 saturated heterocycles. The summed E-state index contributed by atoms with van der Waals surface area (Å²) in [7, 11) is 0. The van der Waals surface area contributed by atoms with Crippen molar-refractivity contribution in [3.8, 4) is 6.07 Å². The van der Waals surface area contributed by atoms with Crippen molar-refractivity contribution in [1.29, 1.82) is 5.26 Å². The summed E-state index contributed by atoms with van der Waals surface area (Å²) in [6.45, 7) is 12.6. The number of hydrogen-bond acceptors (Lipinski definition) is 7. The number of pyridine rings is 1. The van der Waals surface area contributed by atoms with Gasteiger partial charge in [0.1, 0.15) is 21.8 Å². The number of nitriles is 1. The van der Waals surface area contributed by atoms with Gasteiger partial charge < -0.3 is 9.80 Å². The van der Waals surface area contributed by atoms with Crippen LogP contribution < -0.4 is 10.5 Å². The molecule has 2 fully saturated rings. The Morgan fingerprint density at radius 2 is 1.78 bits per heavy atom.